The molecule has 1 aromatic heterocycles. The lowest BCUT2D eigenvalue weighted by atomic mass is 10.0. The maximum absolute atomic E-state index is 12.4. The summed E-state index contributed by atoms with van der Waals surface area (Å²) >= 11 is 5.88. The number of hydrogen-bond acceptors (Lipinski definition) is 4. The first kappa shape index (κ1) is 16.0. The minimum Gasteiger partial charge on any atom is -0.444 e. The van der Waals surface area contributed by atoms with Crippen molar-refractivity contribution in [3.8, 4) is 11.5 Å². The number of nitrogens with zero attached hydrogens (tertiary/aromatic N) is 2. The number of carbonyl (C=O) groups excluding carboxylic acids is 1. The molecule has 2 heterocycles. The second-order valence-electron chi connectivity index (χ2n) is 5.81. The van der Waals surface area contributed by atoms with E-state index in [0.717, 1.165) is 31.5 Å². The van der Waals surface area contributed by atoms with Crippen molar-refractivity contribution in [1.82, 2.24) is 15.2 Å². The quantitative estimate of drug-likeness (QED) is 0.934. The largest absolute Gasteiger partial charge is 0.444 e. The molecule has 1 N–H and O–H groups in total. The number of oxazole rings is 1. The lowest BCUT2D eigenvalue weighted by molar-refractivity contribution is -0.131. The van der Waals surface area contributed by atoms with Crippen LogP contribution in [0.1, 0.15) is 18.5 Å². The van der Waals surface area contributed by atoms with Gasteiger partial charge in [0.25, 0.3) is 0 Å². The SMILES string of the molecule is CN(C(=O)Cc1coc(-c2ccc(Cl)cc2)n1)C1CCNCC1. The summed E-state index contributed by atoms with van der Waals surface area (Å²) in [7, 11) is 1.87. The van der Waals surface area contributed by atoms with E-state index in [1.807, 2.05) is 24.1 Å². The van der Waals surface area contributed by atoms with Crippen molar-refractivity contribution >= 4 is 17.5 Å². The number of halogens is 1. The van der Waals surface area contributed by atoms with Crippen LogP contribution in [0, 0.1) is 0 Å². The van der Waals surface area contributed by atoms with Gasteiger partial charge in [-0.3, -0.25) is 4.79 Å². The molecule has 1 aromatic carbocycles. The average molecular weight is 334 g/mol. The fourth-order valence-electron chi connectivity index (χ4n) is 2.79. The van der Waals surface area contributed by atoms with Crippen LogP contribution < -0.4 is 5.32 Å². The van der Waals surface area contributed by atoms with Crippen molar-refractivity contribution in [2.24, 2.45) is 0 Å². The Labute approximate surface area is 140 Å². The number of aromatic nitrogens is 1. The Kier molecular flexibility index (Phi) is 4.98. The van der Waals surface area contributed by atoms with Gasteiger partial charge in [-0.25, -0.2) is 4.98 Å². The van der Waals surface area contributed by atoms with E-state index in [2.05, 4.69) is 10.3 Å². The molecule has 0 unspecified atom stereocenters. The zero-order chi connectivity index (χ0) is 16.2. The van der Waals surface area contributed by atoms with Crippen LogP contribution in [0.15, 0.2) is 34.9 Å². The molecule has 0 aliphatic carbocycles. The molecule has 0 radical (unpaired) electrons. The maximum atomic E-state index is 12.4. The highest BCUT2D eigenvalue weighted by molar-refractivity contribution is 6.30. The van der Waals surface area contributed by atoms with Gasteiger partial charge in [0.1, 0.15) is 6.26 Å². The summed E-state index contributed by atoms with van der Waals surface area (Å²) < 4.78 is 5.48. The molecular formula is C17H20ClN3O2. The number of nitrogens with one attached hydrogen (secondary N) is 1. The van der Waals surface area contributed by atoms with Crippen molar-refractivity contribution in [1.29, 1.82) is 0 Å². The molecule has 1 aliphatic heterocycles. The van der Waals surface area contributed by atoms with Crippen molar-refractivity contribution in [3.63, 3.8) is 0 Å². The first-order chi connectivity index (χ1) is 11.1. The van der Waals surface area contributed by atoms with Crippen LogP contribution in [0.4, 0.5) is 0 Å². The Balaban J connectivity index is 1.64. The molecular weight excluding hydrogens is 314 g/mol. The van der Waals surface area contributed by atoms with E-state index in [1.165, 1.54) is 0 Å². The van der Waals surface area contributed by atoms with Gasteiger partial charge in [-0.05, 0) is 50.2 Å². The molecule has 1 amide bonds. The number of piperidine rings is 1. The topological polar surface area (TPSA) is 58.4 Å². The lowest BCUT2D eigenvalue weighted by Crippen LogP contribution is -2.44. The summed E-state index contributed by atoms with van der Waals surface area (Å²) in [5.74, 6) is 0.585. The first-order valence-electron chi connectivity index (χ1n) is 7.80. The molecule has 0 atom stereocenters. The van der Waals surface area contributed by atoms with E-state index in [0.29, 0.717) is 22.6 Å². The Bertz CT molecular complexity index is 663. The number of benzene rings is 1. The molecule has 23 heavy (non-hydrogen) atoms. The third kappa shape index (κ3) is 3.92. The summed E-state index contributed by atoms with van der Waals surface area (Å²) in [5.41, 5.74) is 1.50. The molecule has 1 aliphatic rings. The summed E-state index contributed by atoms with van der Waals surface area (Å²) in [6.07, 6.45) is 3.81. The highest BCUT2D eigenvalue weighted by Crippen LogP contribution is 2.21. The molecule has 1 fully saturated rings. The molecule has 3 rings (SSSR count). The first-order valence-corrected chi connectivity index (χ1v) is 8.18. The smallest absolute Gasteiger partial charge is 0.228 e. The summed E-state index contributed by atoms with van der Waals surface area (Å²) in [5, 5.41) is 3.97. The third-order valence-corrected chi connectivity index (χ3v) is 4.48. The highest BCUT2D eigenvalue weighted by atomic mass is 35.5. The lowest BCUT2D eigenvalue weighted by Gasteiger charge is -2.31. The molecule has 6 heteroatoms. The minimum absolute atomic E-state index is 0.0767. The minimum atomic E-state index is 0.0767. The summed E-state index contributed by atoms with van der Waals surface area (Å²) in [6, 6.07) is 7.58. The standard InChI is InChI=1S/C17H20ClN3O2/c1-21(15-6-8-19-9-7-15)16(22)10-14-11-23-17(20-14)12-2-4-13(18)5-3-12/h2-5,11,15,19H,6-10H2,1H3. The number of amides is 1. The van der Waals surface area contributed by atoms with Gasteiger partial charge in [0.2, 0.25) is 11.8 Å². The third-order valence-electron chi connectivity index (χ3n) is 4.23. The predicted octanol–water partition coefficient (Wildman–Crippen LogP) is 2.75. The van der Waals surface area contributed by atoms with Crippen molar-refractivity contribution in [2.75, 3.05) is 20.1 Å². The number of rotatable bonds is 4. The van der Waals surface area contributed by atoms with Crippen LogP contribution in [0.25, 0.3) is 11.5 Å². The van der Waals surface area contributed by atoms with E-state index in [-0.39, 0.29) is 12.3 Å². The predicted molar refractivity (Wildman–Crippen MR) is 89.3 cm³/mol. The van der Waals surface area contributed by atoms with Gasteiger partial charge in [0, 0.05) is 23.7 Å². The van der Waals surface area contributed by atoms with Gasteiger partial charge in [-0.15, -0.1) is 0 Å². The van der Waals surface area contributed by atoms with Crippen LogP contribution >= 0.6 is 11.6 Å². The number of carbonyl (C=O) groups is 1. The molecule has 0 spiro atoms. The van der Waals surface area contributed by atoms with E-state index in [9.17, 15) is 4.79 Å². The van der Waals surface area contributed by atoms with Gasteiger partial charge >= 0.3 is 0 Å². The van der Waals surface area contributed by atoms with E-state index < -0.39 is 0 Å². The highest BCUT2D eigenvalue weighted by Gasteiger charge is 2.22. The number of likely N-dealkylation sites (N-methyl/N-ethyl adjacent to an activating group) is 1. The van der Waals surface area contributed by atoms with Gasteiger partial charge in [0.15, 0.2) is 0 Å². The molecule has 2 aromatic rings. The average Bonchev–Trinajstić information content (AvgIpc) is 3.04. The van der Waals surface area contributed by atoms with Crippen LogP contribution in [0.2, 0.25) is 5.02 Å². The van der Waals surface area contributed by atoms with E-state index in [4.69, 9.17) is 16.0 Å². The van der Waals surface area contributed by atoms with Crippen molar-refractivity contribution in [3.05, 3.63) is 41.2 Å². The Morgan fingerprint density at radius 2 is 2.04 bits per heavy atom. The maximum Gasteiger partial charge on any atom is 0.228 e. The summed E-state index contributed by atoms with van der Waals surface area (Å²) in [6.45, 7) is 1.93. The van der Waals surface area contributed by atoms with E-state index in [1.54, 1.807) is 18.4 Å². The normalized spacial score (nSPS) is 15.6. The molecule has 122 valence electrons. The Morgan fingerprint density at radius 1 is 1.35 bits per heavy atom. The Hall–Kier alpha value is -1.85. The molecule has 5 nitrogen and oxygen atoms in total. The molecule has 1 saturated heterocycles. The fourth-order valence-corrected chi connectivity index (χ4v) is 2.92. The summed E-state index contributed by atoms with van der Waals surface area (Å²) in [4.78, 5) is 18.7. The molecule has 0 bridgehead atoms. The van der Waals surface area contributed by atoms with Crippen LogP contribution in [0.5, 0.6) is 0 Å². The van der Waals surface area contributed by atoms with Crippen LogP contribution in [0.3, 0.4) is 0 Å². The van der Waals surface area contributed by atoms with Crippen LogP contribution in [-0.2, 0) is 11.2 Å². The molecule has 0 saturated carbocycles. The number of hydrogen-bond donors (Lipinski definition) is 1. The fraction of sp³-hybridized carbons (Fsp3) is 0.412. The van der Waals surface area contributed by atoms with Crippen molar-refractivity contribution in [2.45, 2.75) is 25.3 Å². The second kappa shape index (κ2) is 7.15. The van der Waals surface area contributed by atoms with Gasteiger partial charge < -0.3 is 14.6 Å². The van der Waals surface area contributed by atoms with E-state index >= 15 is 0 Å². The zero-order valence-electron chi connectivity index (χ0n) is 13.1. The monoisotopic (exact) mass is 333 g/mol. The van der Waals surface area contributed by atoms with Gasteiger partial charge in [-0.1, -0.05) is 11.6 Å². The zero-order valence-corrected chi connectivity index (χ0v) is 13.8. The van der Waals surface area contributed by atoms with Crippen LogP contribution in [-0.4, -0.2) is 42.0 Å². The van der Waals surface area contributed by atoms with Gasteiger partial charge in [-0.2, -0.15) is 0 Å². The van der Waals surface area contributed by atoms with Crippen molar-refractivity contribution < 1.29 is 9.21 Å². The van der Waals surface area contributed by atoms with Gasteiger partial charge in [0.05, 0.1) is 12.1 Å². The second-order valence-corrected chi connectivity index (χ2v) is 6.25. The Morgan fingerprint density at radius 3 is 2.74 bits per heavy atom.